The van der Waals surface area contributed by atoms with E-state index in [1.165, 1.54) is 24.8 Å². The Kier molecular flexibility index (Phi) is 3.87. The van der Waals surface area contributed by atoms with Gasteiger partial charge in [-0.25, -0.2) is 0 Å². The molecule has 19 heavy (non-hydrogen) atoms. The highest BCUT2D eigenvalue weighted by Crippen LogP contribution is 2.43. The highest BCUT2D eigenvalue weighted by molar-refractivity contribution is 5.28. The summed E-state index contributed by atoms with van der Waals surface area (Å²) < 4.78 is 5.59. The van der Waals surface area contributed by atoms with E-state index < -0.39 is 0 Å². The van der Waals surface area contributed by atoms with E-state index in [1.54, 1.807) is 0 Å². The van der Waals surface area contributed by atoms with Crippen LogP contribution in [0.5, 0.6) is 0 Å². The van der Waals surface area contributed by atoms with Crippen molar-refractivity contribution in [3.05, 3.63) is 35.9 Å². The van der Waals surface area contributed by atoms with Gasteiger partial charge in [0, 0.05) is 24.7 Å². The van der Waals surface area contributed by atoms with Gasteiger partial charge in [0.05, 0.1) is 0 Å². The molecule has 1 aromatic carbocycles. The molecule has 104 valence electrons. The Morgan fingerprint density at radius 3 is 2.47 bits per heavy atom. The summed E-state index contributed by atoms with van der Waals surface area (Å²) in [6.07, 6.45) is 6.09. The third kappa shape index (κ3) is 2.69. The van der Waals surface area contributed by atoms with Crippen molar-refractivity contribution in [1.82, 2.24) is 5.43 Å². The molecule has 0 bridgehead atoms. The zero-order chi connectivity index (χ0) is 13.1. The number of rotatable bonds is 5. The van der Waals surface area contributed by atoms with Crippen LogP contribution in [-0.2, 0) is 10.2 Å². The summed E-state index contributed by atoms with van der Waals surface area (Å²) in [6.45, 7) is 1.69. The summed E-state index contributed by atoms with van der Waals surface area (Å²) in [4.78, 5) is 0. The molecule has 0 spiro atoms. The van der Waals surface area contributed by atoms with E-state index in [-0.39, 0.29) is 5.41 Å². The number of hydrogen-bond donors (Lipinski definition) is 2. The molecule has 2 aliphatic rings. The van der Waals surface area contributed by atoms with Crippen LogP contribution in [0.2, 0.25) is 0 Å². The van der Waals surface area contributed by atoms with Crippen LogP contribution in [0.3, 0.4) is 0 Å². The number of nitrogens with one attached hydrogen (secondary N) is 1. The molecule has 0 aromatic heterocycles. The van der Waals surface area contributed by atoms with Crippen LogP contribution in [0.25, 0.3) is 0 Å². The lowest BCUT2D eigenvalue weighted by Crippen LogP contribution is -2.54. The molecule has 3 N–H and O–H groups in total. The van der Waals surface area contributed by atoms with Crippen molar-refractivity contribution in [2.45, 2.75) is 43.6 Å². The predicted octanol–water partition coefficient (Wildman–Crippen LogP) is 2.37. The van der Waals surface area contributed by atoms with Gasteiger partial charge in [-0.05, 0) is 30.7 Å². The number of hydrazine groups is 1. The summed E-state index contributed by atoms with van der Waals surface area (Å²) in [5.41, 5.74) is 4.69. The standard InChI is InChI=1S/C16H24N2O/c17-18-15(12-13-6-7-13)16(8-10-19-11-9-16)14-4-2-1-3-5-14/h1-5,13,15,18H,6-12,17H2. The molecule has 1 unspecified atom stereocenters. The fraction of sp³-hybridized carbons (Fsp3) is 0.625. The van der Waals surface area contributed by atoms with Crippen LogP contribution in [0, 0.1) is 5.92 Å². The molecule has 1 saturated heterocycles. The first-order chi connectivity index (χ1) is 9.35. The van der Waals surface area contributed by atoms with Gasteiger partial charge in [0.2, 0.25) is 0 Å². The van der Waals surface area contributed by atoms with Gasteiger partial charge in [-0.3, -0.25) is 11.3 Å². The fourth-order valence-corrected chi connectivity index (χ4v) is 3.48. The van der Waals surface area contributed by atoms with Gasteiger partial charge < -0.3 is 4.74 Å². The van der Waals surface area contributed by atoms with Crippen LogP contribution >= 0.6 is 0 Å². The second-order valence-electron chi connectivity index (χ2n) is 6.03. The Hall–Kier alpha value is -0.900. The molecule has 1 heterocycles. The third-order valence-corrected chi connectivity index (χ3v) is 4.87. The maximum absolute atomic E-state index is 5.91. The highest BCUT2D eigenvalue weighted by Gasteiger charge is 2.43. The second-order valence-corrected chi connectivity index (χ2v) is 6.03. The fourth-order valence-electron chi connectivity index (χ4n) is 3.48. The quantitative estimate of drug-likeness (QED) is 0.631. The van der Waals surface area contributed by atoms with E-state index in [0.29, 0.717) is 6.04 Å². The van der Waals surface area contributed by atoms with Gasteiger partial charge in [0.25, 0.3) is 0 Å². The van der Waals surface area contributed by atoms with Crippen molar-refractivity contribution in [2.75, 3.05) is 13.2 Å². The molecule has 3 nitrogen and oxygen atoms in total. The zero-order valence-electron chi connectivity index (χ0n) is 11.5. The van der Waals surface area contributed by atoms with Crippen molar-refractivity contribution in [3.63, 3.8) is 0 Å². The molecule has 3 heteroatoms. The average molecular weight is 260 g/mol. The second kappa shape index (κ2) is 5.61. The van der Waals surface area contributed by atoms with Crippen molar-refractivity contribution in [2.24, 2.45) is 11.8 Å². The summed E-state index contributed by atoms with van der Waals surface area (Å²) >= 11 is 0. The first kappa shape index (κ1) is 13.1. The third-order valence-electron chi connectivity index (χ3n) is 4.87. The number of ether oxygens (including phenoxy) is 1. The topological polar surface area (TPSA) is 47.3 Å². The Morgan fingerprint density at radius 2 is 1.89 bits per heavy atom. The molecule has 3 rings (SSSR count). The normalized spacial score (nSPS) is 24.1. The van der Waals surface area contributed by atoms with Gasteiger partial charge >= 0.3 is 0 Å². The van der Waals surface area contributed by atoms with E-state index in [1.807, 2.05) is 0 Å². The molecule has 1 aliphatic carbocycles. The monoisotopic (exact) mass is 260 g/mol. The Labute approximate surface area is 115 Å². The van der Waals surface area contributed by atoms with E-state index in [2.05, 4.69) is 35.8 Å². The molecule has 2 fully saturated rings. The van der Waals surface area contributed by atoms with E-state index in [0.717, 1.165) is 32.0 Å². The lowest BCUT2D eigenvalue weighted by molar-refractivity contribution is 0.0320. The Bertz CT molecular complexity index is 396. The molecule has 1 saturated carbocycles. The van der Waals surface area contributed by atoms with Crippen molar-refractivity contribution in [3.8, 4) is 0 Å². The Morgan fingerprint density at radius 1 is 1.21 bits per heavy atom. The molecule has 1 aromatic rings. The summed E-state index contributed by atoms with van der Waals surface area (Å²) in [6, 6.07) is 11.2. The molecule has 1 aliphatic heterocycles. The minimum absolute atomic E-state index is 0.150. The Balaban J connectivity index is 1.90. The van der Waals surface area contributed by atoms with Gasteiger partial charge in [0.15, 0.2) is 0 Å². The van der Waals surface area contributed by atoms with Crippen molar-refractivity contribution in [1.29, 1.82) is 0 Å². The number of hydrogen-bond acceptors (Lipinski definition) is 3. The predicted molar refractivity (Wildman–Crippen MR) is 76.6 cm³/mol. The summed E-state index contributed by atoms with van der Waals surface area (Å²) in [5, 5.41) is 0. The van der Waals surface area contributed by atoms with Crippen molar-refractivity contribution >= 4 is 0 Å². The minimum Gasteiger partial charge on any atom is -0.381 e. The SMILES string of the molecule is NNC(CC1CC1)C1(c2ccccc2)CCOCC1. The van der Waals surface area contributed by atoms with Crippen LogP contribution in [0.1, 0.15) is 37.7 Å². The lowest BCUT2D eigenvalue weighted by atomic mass is 9.67. The van der Waals surface area contributed by atoms with E-state index in [4.69, 9.17) is 10.6 Å². The van der Waals surface area contributed by atoms with Gasteiger partial charge in [-0.2, -0.15) is 0 Å². The largest absolute Gasteiger partial charge is 0.381 e. The van der Waals surface area contributed by atoms with Gasteiger partial charge in [-0.1, -0.05) is 43.2 Å². The van der Waals surface area contributed by atoms with Crippen LogP contribution < -0.4 is 11.3 Å². The molecule has 0 radical (unpaired) electrons. The highest BCUT2D eigenvalue weighted by atomic mass is 16.5. The van der Waals surface area contributed by atoms with Crippen molar-refractivity contribution < 1.29 is 4.74 Å². The maximum Gasteiger partial charge on any atom is 0.0475 e. The first-order valence-corrected chi connectivity index (χ1v) is 7.44. The van der Waals surface area contributed by atoms with Gasteiger partial charge in [-0.15, -0.1) is 0 Å². The summed E-state index contributed by atoms with van der Waals surface area (Å²) in [7, 11) is 0. The van der Waals surface area contributed by atoms with Gasteiger partial charge in [0.1, 0.15) is 0 Å². The lowest BCUT2D eigenvalue weighted by Gasteiger charge is -2.44. The minimum atomic E-state index is 0.150. The first-order valence-electron chi connectivity index (χ1n) is 7.44. The smallest absolute Gasteiger partial charge is 0.0475 e. The summed E-state index contributed by atoms with van der Waals surface area (Å²) in [5.74, 6) is 6.79. The molecule has 1 atom stereocenters. The van der Waals surface area contributed by atoms with E-state index >= 15 is 0 Å². The van der Waals surface area contributed by atoms with Crippen LogP contribution in [-0.4, -0.2) is 19.3 Å². The van der Waals surface area contributed by atoms with E-state index in [9.17, 15) is 0 Å². The van der Waals surface area contributed by atoms with Crippen LogP contribution in [0.4, 0.5) is 0 Å². The number of nitrogens with two attached hydrogens (primary N) is 1. The number of benzene rings is 1. The average Bonchev–Trinajstić information content (AvgIpc) is 3.30. The molecular weight excluding hydrogens is 236 g/mol. The molecule has 0 amide bonds. The zero-order valence-corrected chi connectivity index (χ0v) is 11.5. The van der Waals surface area contributed by atoms with Crippen LogP contribution in [0.15, 0.2) is 30.3 Å². The molecular formula is C16H24N2O. The maximum atomic E-state index is 5.91.